The van der Waals surface area contributed by atoms with Gasteiger partial charge in [0.05, 0.1) is 18.5 Å². The molecule has 1 aliphatic carbocycles. The van der Waals surface area contributed by atoms with Crippen LogP contribution in [0.1, 0.15) is 24.6 Å². The van der Waals surface area contributed by atoms with Gasteiger partial charge in [0.2, 0.25) is 0 Å². The first kappa shape index (κ1) is 14.1. The Balaban J connectivity index is 1.71. The van der Waals surface area contributed by atoms with Gasteiger partial charge >= 0.3 is 0 Å². The number of rotatable bonds is 6. The summed E-state index contributed by atoms with van der Waals surface area (Å²) in [6, 6.07) is 5.10. The van der Waals surface area contributed by atoms with Gasteiger partial charge in [-0.3, -0.25) is 4.98 Å². The predicted octanol–water partition coefficient (Wildman–Crippen LogP) is 3.02. The van der Waals surface area contributed by atoms with Gasteiger partial charge in [-0.15, -0.1) is 0 Å². The maximum Gasteiger partial charge on any atom is 0.151 e. The number of aromatic nitrogens is 2. The minimum absolute atomic E-state index is 0.338. The van der Waals surface area contributed by atoms with Crippen molar-refractivity contribution < 1.29 is 9.84 Å². The second kappa shape index (κ2) is 6.28. The summed E-state index contributed by atoms with van der Waals surface area (Å²) in [5, 5.41) is 13.5. The lowest BCUT2D eigenvalue weighted by Crippen LogP contribution is -2.11. The largest absolute Gasteiger partial charge is 0.491 e. The van der Waals surface area contributed by atoms with Crippen LogP contribution in [-0.2, 0) is 0 Å². The highest BCUT2D eigenvalue weighted by molar-refractivity contribution is 6.29. The Labute approximate surface area is 128 Å². The molecule has 0 spiro atoms. The maximum absolute atomic E-state index is 10.2. The van der Waals surface area contributed by atoms with Crippen molar-refractivity contribution in [3.05, 3.63) is 47.5 Å². The van der Waals surface area contributed by atoms with Crippen molar-refractivity contribution in [3.63, 3.8) is 0 Å². The molecule has 21 heavy (non-hydrogen) atoms. The molecule has 6 heteroatoms. The molecule has 0 saturated heterocycles. The molecule has 2 N–H and O–H groups in total. The van der Waals surface area contributed by atoms with E-state index in [0.29, 0.717) is 34.7 Å². The molecule has 3 rings (SSSR count). The Morgan fingerprint density at radius 1 is 1.38 bits per heavy atom. The van der Waals surface area contributed by atoms with Gasteiger partial charge in [-0.2, -0.15) is 0 Å². The monoisotopic (exact) mass is 305 g/mol. The number of nitrogens with zero attached hydrogens (tertiary/aromatic N) is 2. The third-order valence-corrected chi connectivity index (χ3v) is 3.52. The normalized spacial score (nSPS) is 15.5. The minimum Gasteiger partial charge on any atom is -0.491 e. The molecular weight excluding hydrogens is 290 g/mol. The van der Waals surface area contributed by atoms with Gasteiger partial charge in [0.25, 0.3) is 0 Å². The van der Waals surface area contributed by atoms with Crippen LogP contribution in [0.25, 0.3) is 0 Å². The SMILES string of the molecule is OC(Nc1cnccc1OCC1CC1)c1ccnc(Cl)c1. The van der Waals surface area contributed by atoms with E-state index in [-0.39, 0.29) is 0 Å². The number of halogens is 1. The smallest absolute Gasteiger partial charge is 0.151 e. The number of hydrogen-bond donors (Lipinski definition) is 2. The van der Waals surface area contributed by atoms with Crippen molar-refractivity contribution in [2.24, 2.45) is 5.92 Å². The van der Waals surface area contributed by atoms with E-state index < -0.39 is 6.23 Å². The number of pyridine rings is 2. The molecule has 2 heterocycles. The highest BCUT2D eigenvalue weighted by Gasteiger charge is 2.22. The van der Waals surface area contributed by atoms with Crippen molar-refractivity contribution in [2.75, 3.05) is 11.9 Å². The third kappa shape index (κ3) is 3.83. The Kier molecular flexibility index (Phi) is 4.22. The van der Waals surface area contributed by atoms with Gasteiger partial charge in [-0.25, -0.2) is 4.98 Å². The van der Waals surface area contributed by atoms with Crippen LogP contribution in [0, 0.1) is 5.92 Å². The molecule has 1 aliphatic rings. The lowest BCUT2D eigenvalue weighted by atomic mass is 10.2. The summed E-state index contributed by atoms with van der Waals surface area (Å²) in [7, 11) is 0. The topological polar surface area (TPSA) is 67.3 Å². The Morgan fingerprint density at radius 2 is 2.24 bits per heavy atom. The molecule has 2 aromatic rings. The zero-order chi connectivity index (χ0) is 14.7. The number of aliphatic hydroxyl groups excluding tert-OH is 1. The molecule has 0 aromatic carbocycles. The first-order valence-electron chi connectivity index (χ1n) is 6.85. The summed E-state index contributed by atoms with van der Waals surface area (Å²) in [5.41, 5.74) is 1.28. The summed E-state index contributed by atoms with van der Waals surface area (Å²) < 4.78 is 5.77. The van der Waals surface area contributed by atoms with E-state index in [0.717, 1.165) is 0 Å². The number of hydrogen-bond acceptors (Lipinski definition) is 5. The maximum atomic E-state index is 10.2. The lowest BCUT2D eigenvalue weighted by molar-refractivity contribution is 0.207. The zero-order valence-electron chi connectivity index (χ0n) is 11.4. The fourth-order valence-corrected chi connectivity index (χ4v) is 2.11. The van der Waals surface area contributed by atoms with E-state index in [1.54, 1.807) is 36.8 Å². The van der Waals surface area contributed by atoms with E-state index in [2.05, 4.69) is 15.3 Å². The Bertz CT molecular complexity index is 619. The van der Waals surface area contributed by atoms with Gasteiger partial charge in [0.15, 0.2) is 6.23 Å². The summed E-state index contributed by atoms with van der Waals surface area (Å²) in [4.78, 5) is 7.95. The third-order valence-electron chi connectivity index (χ3n) is 3.31. The summed E-state index contributed by atoms with van der Waals surface area (Å²) in [6.07, 6.45) is 6.41. The van der Waals surface area contributed by atoms with Gasteiger partial charge in [-0.1, -0.05) is 11.6 Å². The van der Waals surface area contributed by atoms with E-state index >= 15 is 0 Å². The molecule has 110 valence electrons. The number of nitrogens with one attached hydrogen (secondary N) is 1. The van der Waals surface area contributed by atoms with Gasteiger partial charge in [-0.05, 0) is 30.9 Å². The summed E-state index contributed by atoms with van der Waals surface area (Å²) in [6.45, 7) is 0.704. The molecule has 1 saturated carbocycles. The Hall–Kier alpha value is -1.85. The van der Waals surface area contributed by atoms with Crippen molar-refractivity contribution in [2.45, 2.75) is 19.1 Å². The van der Waals surface area contributed by atoms with Crippen molar-refractivity contribution >= 4 is 17.3 Å². The number of anilines is 1. The molecule has 0 aliphatic heterocycles. The molecular formula is C15H16ClN3O2. The second-order valence-electron chi connectivity index (χ2n) is 5.08. The fourth-order valence-electron chi connectivity index (χ4n) is 1.93. The van der Waals surface area contributed by atoms with Crippen LogP contribution in [0.3, 0.4) is 0 Å². The van der Waals surface area contributed by atoms with E-state index in [1.165, 1.54) is 12.8 Å². The average Bonchev–Trinajstić information content (AvgIpc) is 3.30. The predicted molar refractivity (Wildman–Crippen MR) is 80.3 cm³/mol. The quantitative estimate of drug-likeness (QED) is 0.634. The molecule has 1 unspecified atom stereocenters. The first-order chi connectivity index (χ1) is 10.2. The molecule has 0 bridgehead atoms. The van der Waals surface area contributed by atoms with Crippen LogP contribution in [0.4, 0.5) is 5.69 Å². The summed E-state index contributed by atoms with van der Waals surface area (Å²) >= 11 is 5.83. The average molecular weight is 306 g/mol. The molecule has 1 fully saturated rings. The van der Waals surface area contributed by atoms with Crippen LogP contribution in [0.15, 0.2) is 36.8 Å². The van der Waals surface area contributed by atoms with Gasteiger partial charge in [0.1, 0.15) is 10.9 Å². The van der Waals surface area contributed by atoms with Crippen LogP contribution >= 0.6 is 11.6 Å². The van der Waals surface area contributed by atoms with E-state index in [9.17, 15) is 5.11 Å². The lowest BCUT2D eigenvalue weighted by Gasteiger charge is -2.17. The van der Waals surface area contributed by atoms with Gasteiger partial charge in [0, 0.05) is 24.0 Å². The fraction of sp³-hybridized carbons (Fsp3) is 0.333. The second-order valence-corrected chi connectivity index (χ2v) is 5.47. The number of ether oxygens (including phenoxy) is 1. The van der Waals surface area contributed by atoms with E-state index in [4.69, 9.17) is 16.3 Å². The highest BCUT2D eigenvalue weighted by atomic mass is 35.5. The highest BCUT2D eigenvalue weighted by Crippen LogP contribution is 2.32. The van der Waals surface area contributed by atoms with Crippen molar-refractivity contribution in [1.29, 1.82) is 0 Å². The summed E-state index contributed by atoms with van der Waals surface area (Å²) in [5.74, 6) is 1.35. The molecule has 0 amide bonds. The van der Waals surface area contributed by atoms with Crippen molar-refractivity contribution in [3.8, 4) is 5.75 Å². The van der Waals surface area contributed by atoms with Crippen molar-refractivity contribution in [1.82, 2.24) is 9.97 Å². The molecule has 0 radical (unpaired) electrons. The van der Waals surface area contributed by atoms with Gasteiger partial charge < -0.3 is 15.2 Å². The van der Waals surface area contributed by atoms with E-state index in [1.807, 2.05) is 0 Å². The molecule has 5 nitrogen and oxygen atoms in total. The van der Waals surface area contributed by atoms with Crippen LogP contribution < -0.4 is 10.1 Å². The Morgan fingerprint density at radius 3 is 3.00 bits per heavy atom. The van der Waals surface area contributed by atoms with Crippen LogP contribution in [0.2, 0.25) is 5.15 Å². The first-order valence-corrected chi connectivity index (χ1v) is 7.23. The minimum atomic E-state index is -0.905. The number of aliphatic hydroxyl groups is 1. The van der Waals surface area contributed by atoms with Crippen LogP contribution in [0.5, 0.6) is 5.75 Å². The molecule has 1 atom stereocenters. The zero-order valence-corrected chi connectivity index (χ0v) is 12.1. The standard InChI is InChI=1S/C15H16ClN3O2/c16-14-7-11(3-6-18-14)15(20)19-12-8-17-5-4-13(12)21-9-10-1-2-10/h3-8,10,15,19-20H,1-2,9H2. The van der Waals surface area contributed by atoms with Crippen LogP contribution in [-0.4, -0.2) is 21.7 Å². The molecule has 2 aromatic heterocycles.